The number of carbonyl (C=O) groups is 2. The molecule has 0 saturated heterocycles. The molecule has 158 valence electrons. The lowest BCUT2D eigenvalue weighted by Gasteiger charge is -2.38. The molecule has 3 rings (SSSR count). The molecule has 0 fully saturated rings. The third-order valence-electron chi connectivity index (χ3n) is 4.55. The number of ether oxygens (including phenoxy) is 2. The van der Waals surface area contributed by atoms with Gasteiger partial charge in [-0.25, -0.2) is 0 Å². The lowest BCUT2D eigenvalue weighted by molar-refractivity contribution is -0.389. The maximum absolute atomic E-state index is 13.0. The summed E-state index contributed by atoms with van der Waals surface area (Å²) >= 11 is 0. The van der Waals surface area contributed by atoms with E-state index in [1.54, 1.807) is 38.1 Å². The Balaban J connectivity index is 1.97. The molecule has 1 unspecified atom stereocenters. The van der Waals surface area contributed by atoms with Crippen molar-refractivity contribution in [2.75, 3.05) is 16.8 Å². The third kappa shape index (κ3) is 3.88. The molecule has 0 aliphatic carbocycles. The maximum atomic E-state index is 13.0. The third-order valence-corrected chi connectivity index (χ3v) is 4.55. The summed E-state index contributed by atoms with van der Waals surface area (Å²) in [6, 6.07) is 8.44. The monoisotopic (exact) mass is 414 g/mol. The van der Waals surface area contributed by atoms with Gasteiger partial charge in [-0.2, -0.15) is 0 Å². The van der Waals surface area contributed by atoms with E-state index in [1.807, 2.05) is 6.92 Å². The Kier molecular flexibility index (Phi) is 5.59. The Labute approximate surface area is 172 Å². The van der Waals surface area contributed by atoms with Gasteiger partial charge in [-0.05, 0) is 55.8 Å². The molecule has 1 atom stereocenters. The van der Waals surface area contributed by atoms with Crippen LogP contribution in [0, 0.1) is 10.1 Å². The molecular weight excluding hydrogens is 392 g/mol. The number of amides is 2. The number of aromatic nitrogens is 1. The van der Waals surface area contributed by atoms with E-state index < -0.39 is 34.2 Å². The van der Waals surface area contributed by atoms with Gasteiger partial charge in [-0.15, -0.1) is 0 Å². The number of carbonyl (C=O) groups excluding carboxylic acids is 2. The first-order chi connectivity index (χ1) is 14.2. The molecule has 30 heavy (non-hydrogen) atoms. The highest BCUT2D eigenvalue weighted by atomic mass is 16.6. The van der Waals surface area contributed by atoms with E-state index in [0.29, 0.717) is 18.0 Å². The normalized spacial score (nSPS) is 15.6. The van der Waals surface area contributed by atoms with Gasteiger partial charge >= 0.3 is 5.82 Å². The van der Waals surface area contributed by atoms with E-state index in [2.05, 4.69) is 10.3 Å². The van der Waals surface area contributed by atoms with Crippen molar-refractivity contribution in [3.8, 4) is 11.5 Å². The van der Waals surface area contributed by atoms with E-state index in [-0.39, 0.29) is 11.6 Å². The summed E-state index contributed by atoms with van der Waals surface area (Å²) in [4.78, 5) is 41.6. The summed E-state index contributed by atoms with van der Waals surface area (Å²) in [6.07, 6.45) is 0. The highest BCUT2D eigenvalue weighted by molar-refractivity contribution is 6.09. The van der Waals surface area contributed by atoms with Gasteiger partial charge < -0.3 is 24.9 Å². The predicted molar refractivity (Wildman–Crippen MR) is 109 cm³/mol. The number of hydrogen-bond acceptors (Lipinski definition) is 7. The fourth-order valence-electron chi connectivity index (χ4n) is 3.05. The molecule has 1 N–H and O–H groups in total. The second-order valence-electron chi connectivity index (χ2n) is 7.13. The number of para-hydroxylation sites is 2. The van der Waals surface area contributed by atoms with Crippen LogP contribution in [0.15, 0.2) is 36.4 Å². The molecule has 1 aliphatic rings. The molecule has 10 heteroatoms. The highest BCUT2D eigenvalue weighted by Gasteiger charge is 2.47. The Hall–Kier alpha value is -3.69. The van der Waals surface area contributed by atoms with Crippen LogP contribution in [-0.4, -0.2) is 40.0 Å². The van der Waals surface area contributed by atoms with Crippen molar-refractivity contribution in [3.05, 3.63) is 46.5 Å². The van der Waals surface area contributed by atoms with Crippen LogP contribution in [0.2, 0.25) is 0 Å². The van der Waals surface area contributed by atoms with E-state index in [1.165, 1.54) is 19.1 Å². The summed E-state index contributed by atoms with van der Waals surface area (Å²) in [5.41, 5.74) is -0.828. The first-order valence-electron chi connectivity index (χ1n) is 9.36. The summed E-state index contributed by atoms with van der Waals surface area (Å²) < 4.78 is 11.2. The zero-order valence-corrected chi connectivity index (χ0v) is 17.0. The van der Waals surface area contributed by atoms with Crippen LogP contribution >= 0.6 is 0 Å². The number of nitro groups is 1. The molecule has 0 radical (unpaired) electrons. The quantitative estimate of drug-likeness (QED) is 0.569. The van der Waals surface area contributed by atoms with Crippen molar-refractivity contribution in [3.63, 3.8) is 0 Å². The number of hydrogen-bond donors (Lipinski definition) is 1. The topological polar surface area (TPSA) is 124 Å². The van der Waals surface area contributed by atoms with Gasteiger partial charge in [0.25, 0.3) is 11.7 Å². The van der Waals surface area contributed by atoms with E-state index in [0.717, 1.165) is 4.90 Å². The minimum atomic E-state index is -1.28. The van der Waals surface area contributed by atoms with Gasteiger partial charge in [-0.3, -0.25) is 14.5 Å². The second-order valence-corrected chi connectivity index (χ2v) is 7.13. The van der Waals surface area contributed by atoms with Crippen molar-refractivity contribution in [1.29, 1.82) is 0 Å². The molecule has 2 amide bonds. The fourth-order valence-corrected chi connectivity index (χ4v) is 3.05. The number of rotatable bonds is 6. The molecule has 1 aromatic carbocycles. The lowest BCUT2D eigenvalue weighted by atomic mass is 10.0. The van der Waals surface area contributed by atoms with Crippen molar-refractivity contribution < 1.29 is 24.0 Å². The zero-order valence-electron chi connectivity index (χ0n) is 17.0. The van der Waals surface area contributed by atoms with Crippen molar-refractivity contribution in [2.45, 2.75) is 39.3 Å². The van der Waals surface area contributed by atoms with Crippen LogP contribution in [0.1, 0.15) is 27.7 Å². The maximum Gasteiger partial charge on any atom is 0.366 e. The number of nitrogens with zero attached hydrogens (tertiary/aromatic N) is 3. The number of nitrogens with one attached hydrogen (secondary N) is 1. The molecular formula is C20H22N4O6. The van der Waals surface area contributed by atoms with Crippen LogP contribution in [0.3, 0.4) is 0 Å². The Morgan fingerprint density at radius 3 is 2.70 bits per heavy atom. The van der Waals surface area contributed by atoms with E-state index in [9.17, 15) is 19.7 Å². The van der Waals surface area contributed by atoms with E-state index in [4.69, 9.17) is 9.47 Å². The number of anilines is 2. The number of pyridine rings is 1. The van der Waals surface area contributed by atoms with Crippen molar-refractivity contribution in [2.24, 2.45) is 0 Å². The number of benzene rings is 1. The largest absolute Gasteiger partial charge is 0.492 e. The number of fused-ring (bicyclic) bond motifs is 1. The SMILES string of the molecule is CCOc1ccccc1NC(=O)C(C)N1C(=O)C(C)(C)Oc2ccc([N+](=O)[O-])nc21. The average molecular weight is 414 g/mol. The van der Waals surface area contributed by atoms with E-state index >= 15 is 0 Å². The molecule has 0 saturated carbocycles. The van der Waals surface area contributed by atoms with Gasteiger partial charge in [-0.1, -0.05) is 12.1 Å². The standard InChI is InChI=1S/C20H22N4O6/c1-5-29-14-9-7-6-8-13(14)21-18(25)12(2)23-17-15(30-20(3,4)19(23)26)10-11-16(22-17)24(27)28/h6-12H,5H2,1-4H3,(H,21,25). The molecule has 2 heterocycles. The Morgan fingerprint density at radius 2 is 2.03 bits per heavy atom. The summed E-state index contributed by atoms with van der Waals surface area (Å²) in [6.45, 7) is 6.87. The molecule has 2 aromatic rings. The first-order valence-corrected chi connectivity index (χ1v) is 9.36. The Morgan fingerprint density at radius 1 is 1.33 bits per heavy atom. The zero-order chi connectivity index (χ0) is 22.1. The molecule has 10 nitrogen and oxygen atoms in total. The van der Waals surface area contributed by atoms with Gasteiger partial charge in [0.1, 0.15) is 11.8 Å². The van der Waals surface area contributed by atoms with Crippen molar-refractivity contribution >= 4 is 29.1 Å². The van der Waals surface area contributed by atoms with Gasteiger partial charge in [0.2, 0.25) is 5.91 Å². The average Bonchev–Trinajstić information content (AvgIpc) is 2.69. The molecule has 0 spiro atoms. The van der Waals surface area contributed by atoms with Crippen LogP contribution in [-0.2, 0) is 9.59 Å². The van der Waals surface area contributed by atoms with Crippen LogP contribution in [0.5, 0.6) is 11.5 Å². The van der Waals surface area contributed by atoms with Gasteiger partial charge in [0.05, 0.1) is 12.3 Å². The molecule has 1 aromatic heterocycles. The minimum Gasteiger partial charge on any atom is -0.492 e. The van der Waals surface area contributed by atoms with Crippen LogP contribution in [0.4, 0.5) is 17.3 Å². The first kappa shape index (κ1) is 21.0. The van der Waals surface area contributed by atoms with Crippen LogP contribution < -0.4 is 19.7 Å². The summed E-state index contributed by atoms with van der Waals surface area (Å²) in [5.74, 6) is -0.905. The summed E-state index contributed by atoms with van der Waals surface area (Å²) in [5, 5.41) is 13.9. The minimum absolute atomic E-state index is 0.0748. The van der Waals surface area contributed by atoms with Gasteiger partial charge in [0.15, 0.2) is 11.4 Å². The van der Waals surface area contributed by atoms with Crippen LogP contribution in [0.25, 0.3) is 0 Å². The highest BCUT2D eigenvalue weighted by Crippen LogP contribution is 2.39. The second kappa shape index (κ2) is 7.97. The van der Waals surface area contributed by atoms with Gasteiger partial charge in [0, 0.05) is 6.07 Å². The van der Waals surface area contributed by atoms with Crippen molar-refractivity contribution in [1.82, 2.24) is 4.98 Å². The summed E-state index contributed by atoms with van der Waals surface area (Å²) in [7, 11) is 0. The Bertz CT molecular complexity index is 1010. The molecule has 1 aliphatic heterocycles. The fraction of sp³-hybridized carbons (Fsp3) is 0.350. The smallest absolute Gasteiger partial charge is 0.366 e. The molecule has 0 bridgehead atoms. The lowest BCUT2D eigenvalue weighted by Crippen LogP contribution is -2.58. The predicted octanol–water partition coefficient (Wildman–Crippen LogP) is 2.92.